The van der Waals surface area contributed by atoms with Crippen LogP contribution in [-0.4, -0.2) is 18.1 Å². The Morgan fingerprint density at radius 2 is 2.18 bits per heavy atom. The first kappa shape index (κ1) is 11.9. The van der Waals surface area contributed by atoms with Gasteiger partial charge in [-0.25, -0.2) is 0 Å². The maximum atomic E-state index is 5.81. The molecule has 0 radical (unpaired) electrons. The molecular formula is C14H18N2O. The molecule has 1 heterocycles. The van der Waals surface area contributed by atoms with Crippen LogP contribution in [0, 0.1) is 6.92 Å². The lowest BCUT2D eigenvalue weighted by Gasteiger charge is -2.11. The molecule has 2 N–H and O–H groups in total. The van der Waals surface area contributed by atoms with Crippen molar-refractivity contribution in [1.82, 2.24) is 4.98 Å². The highest BCUT2D eigenvalue weighted by atomic mass is 16.5. The molecule has 3 heteroatoms. The van der Waals surface area contributed by atoms with Crippen LogP contribution in [-0.2, 0) is 6.42 Å². The summed E-state index contributed by atoms with van der Waals surface area (Å²) in [4.78, 5) is 4.62. The third kappa shape index (κ3) is 2.39. The Morgan fingerprint density at radius 3 is 2.82 bits per heavy atom. The van der Waals surface area contributed by atoms with Crippen molar-refractivity contribution < 1.29 is 4.74 Å². The van der Waals surface area contributed by atoms with Crippen LogP contribution in [0.2, 0.25) is 0 Å². The van der Waals surface area contributed by atoms with Crippen LogP contribution < -0.4 is 10.5 Å². The van der Waals surface area contributed by atoms with Gasteiger partial charge in [-0.1, -0.05) is 6.07 Å². The van der Waals surface area contributed by atoms with Gasteiger partial charge in [-0.2, -0.15) is 0 Å². The zero-order chi connectivity index (χ0) is 12.4. The minimum absolute atomic E-state index is 0.130. The average Bonchev–Trinajstić information content (AvgIpc) is 2.27. The van der Waals surface area contributed by atoms with Gasteiger partial charge in [-0.3, -0.25) is 4.98 Å². The van der Waals surface area contributed by atoms with E-state index in [2.05, 4.69) is 18.0 Å². The number of aromatic nitrogens is 1. The summed E-state index contributed by atoms with van der Waals surface area (Å²) in [7, 11) is 1.68. The molecule has 1 atom stereocenters. The number of pyridine rings is 1. The number of hydrogen-bond acceptors (Lipinski definition) is 3. The lowest BCUT2D eigenvalue weighted by atomic mass is 10.1. The summed E-state index contributed by atoms with van der Waals surface area (Å²) >= 11 is 0. The second kappa shape index (κ2) is 4.72. The summed E-state index contributed by atoms with van der Waals surface area (Å²) in [6, 6.07) is 8.15. The Balaban J connectivity index is 2.59. The van der Waals surface area contributed by atoms with Crippen molar-refractivity contribution >= 4 is 10.9 Å². The van der Waals surface area contributed by atoms with Crippen molar-refractivity contribution in [2.75, 3.05) is 7.11 Å². The van der Waals surface area contributed by atoms with Gasteiger partial charge in [0.2, 0.25) is 0 Å². The van der Waals surface area contributed by atoms with E-state index in [1.165, 1.54) is 5.56 Å². The van der Waals surface area contributed by atoms with E-state index in [1.54, 1.807) is 7.11 Å². The smallest absolute Gasteiger partial charge is 0.128 e. The number of nitrogens with zero attached hydrogens (tertiary/aromatic N) is 1. The first-order chi connectivity index (χ1) is 8.11. The number of nitrogens with two attached hydrogens (primary N) is 1. The molecule has 0 saturated heterocycles. The molecule has 90 valence electrons. The van der Waals surface area contributed by atoms with Gasteiger partial charge in [-0.15, -0.1) is 0 Å². The van der Waals surface area contributed by atoms with Gasteiger partial charge in [0.05, 0.1) is 12.6 Å². The van der Waals surface area contributed by atoms with Crippen molar-refractivity contribution in [3.63, 3.8) is 0 Å². The van der Waals surface area contributed by atoms with Crippen molar-refractivity contribution in [3.8, 4) is 5.75 Å². The maximum Gasteiger partial charge on any atom is 0.128 e. The Bertz CT molecular complexity index is 535. The number of ether oxygens (including phenoxy) is 1. The van der Waals surface area contributed by atoms with E-state index in [0.717, 1.165) is 28.8 Å². The topological polar surface area (TPSA) is 48.1 Å². The first-order valence-corrected chi connectivity index (χ1v) is 5.80. The fourth-order valence-corrected chi connectivity index (χ4v) is 2.12. The van der Waals surface area contributed by atoms with E-state index in [9.17, 15) is 0 Å². The summed E-state index contributed by atoms with van der Waals surface area (Å²) in [5.41, 5.74) is 9.01. The molecule has 0 spiro atoms. The van der Waals surface area contributed by atoms with Crippen molar-refractivity contribution in [1.29, 1.82) is 0 Å². The third-order valence-corrected chi connectivity index (χ3v) is 2.80. The number of aryl methyl sites for hydroxylation is 1. The van der Waals surface area contributed by atoms with E-state index in [-0.39, 0.29) is 6.04 Å². The molecule has 0 amide bonds. The minimum atomic E-state index is 0.130. The number of rotatable bonds is 3. The summed E-state index contributed by atoms with van der Waals surface area (Å²) in [5, 5.41) is 1.09. The van der Waals surface area contributed by atoms with Gasteiger partial charge < -0.3 is 10.5 Å². The van der Waals surface area contributed by atoms with Gasteiger partial charge in [0.1, 0.15) is 5.75 Å². The van der Waals surface area contributed by atoms with Gasteiger partial charge >= 0.3 is 0 Å². The van der Waals surface area contributed by atoms with E-state index in [1.807, 2.05) is 25.1 Å². The second-order valence-corrected chi connectivity index (χ2v) is 4.47. The van der Waals surface area contributed by atoms with Gasteiger partial charge in [0, 0.05) is 23.5 Å². The van der Waals surface area contributed by atoms with Gasteiger partial charge in [0.25, 0.3) is 0 Å². The molecule has 0 saturated carbocycles. The number of methoxy groups -OCH3 is 1. The predicted octanol–water partition coefficient (Wildman–Crippen LogP) is 2.44. The number of benzene rings is 1. The molecule has 0 bridgehead atoms. The number of fused-ring (bicyclic) bond motifs is 1. The first-order valence-electron chi connectivity index (χ1n) is 5.80. The van der Waals surface area contributed by atoms with Crippen LogP contribution in [0.3, 0.4) is 0 Å². The van der Waals surface area contributed by atoms with Crippen LogP contribution >= 0.6 is 0 Å². The molecule has 0 aliphatic heterocycles. The summed E-state index contributed by atoms with van der Waals surface area (Å²) in [5.74, 6) is 0.875. The molecule has 0 aliphatic rings. The van der Waals surface area contributed by atoms with E-state index >= 15 is 0 Å². The zero-order valence-electron chi connectivity index (χ0n) is 10.5. The molecule has 1 aromatic carbocycles. The fraction of sp³-hybridized carbons (Fsp3) is 0.357. The number of hydrogen-bond donors (Lipinski definition) is 1. The molecule has 1 unspecified atom stereocenters. The SMILES string of the molecule is COc1cccc2nc(CC(C)N)cc(C)c12. The van der Waals surface area contributed by atoms with Crippen molar-refractivity contribution in [3.05, 3.63) is 35.5 Å². The standard InChI is InChI=1S/C14H18N2O/c1-9-7-11(8-10(2)15)16-12-5-4-6-13(17-3)14(9)12/h4-7,10H,8,15H2,1-3H3. The minimum Gasteiger partial charge on any atom is -0.496 e. The highest BCUT2D eigenvalue weighted by molar-refractivity contribution is 5.88. The molecule has 3 nitrogen and oxygen atoms in total. The maximum absolute atomic E-state index is 5.81. The molecule has 1 aromatic heterocycles. The molecule has 0 aliphatic carbocycles. The highest BCUT2D eigenvalue weighted by Gasteiger charge is 2.08. The molecule has 2 aromatic rings. The second-order valence-electron chi connectivity index (χ2n) is 4.47. The quantitative estimate of drug-likeness (QED) is 0.881. The van der Waals surface area contributed by atoms with Crippen molar-refractivity contribution in [2.24, 2.45) is 5.73 Å². The van der Waals surface area contributed by atoms with Crippen LogP contribution in [0.4, 0.5) is 0 Å². The summed E-state index contributed by atoms with van der Waals surface area (Å²) in [6.45, 7) is 4.07. The molecule has 0 fully saturated rings. The average molecular weight is 230 g/mol. The third-order valence-electron chi connectivity index (χ3n) is 2.80. The summed E-state index contributed by atoms with van der Waals surface area (Å²) < 4.78 is 5.36. The lowest BCUT2D eigenvalue weighted by Crippen LogP contribution is -2.18. The van der Waals surface area contributed by atoms with Crippen LogP contribution in [0.15, 0.2) is 24.3 Å². The van der Waals surface area contributed by atoms with Gasteiger partial charge in [-0.05, 0) is 37.6 Å². The Labute approximate surface area is 102 Å². The van der Waals surface area contributed by atoms with E-state index < -0.39 is 0 Å². The molecular weight excluding hydrogens is 212 g/mol. The largest absolute Gasteiger partial charge is 0.496 e. The highest BCUT2D eigenvalue weighted by Crippen LogP contribution is 2.27. The van der Waals surface area contributed by atoms with Crippen LogP contribution in [0.5, 0.6) is 5.75 Å². The molecule has 17 heavy (non-hydrogen) atoms. The predicted molar refractivity (Wildman–Crippen MR) is 70.4 cm³/mol. The van der Waals surface area contributed by atoms with Crippen molar-refractivity contribution in [2.45, 2.75) is 26.3 Å². The summed E-state index contributed by atoms with van der Waals surface area (Å²) in [6.07, 6.45) is 0.800. The molecule has 2 rings (SSSR count). The van der Waals surface area contributed by atoms with Crippen LogP contribution in [0.25, 0.3) is 10.9 Å². The van der Waals surface area contributed by atoms with Gasteiger partial charge in [0.15, 0.2) is 0 Å². The Morgan fingerprint density at radius 1 is 1.41 bits per heavy atom. The Hall–Kier alpha value is -1.61. The monoisotopic (exact) mass is 230 g/mol. The normalized spacial score (nSPS) is 12.7. The van der Waals surface area contributed by atoms with Crippen LogP contribution in [0.1, 0.15) is 18.2 Å². The van der Waals surface area contributed by atoms with E-state index in [4.69, 9.17) is 10.5 Å². The van der Waals surface area contributed by atoms with E-state index in [0.29, 0.717) is 0 Å². The Kier molecular flexibility index (Phi) is 3.29. The zero-order valence-corrected chi connectivity index (χ0v) is 10.5. The fourth-order valence-electron chi connectivity index (χ4n) is 2.12. The lowest BCUT2D eigenvalue weighted by molar-refractivity contribution is 0.419.